The Hall–Kier alpha value is -3.38. The highest BCUT2D eigenvalue weighted by Gasteiger charge is 2.33. The summed E-state index contributed by atoms with van der Waals surface area (Å²) in [5.41, 5.74) is 4.58. The molecular formula is C23H19ClFN3O2. The molecule has 0 unspecified atom stereocenters. The standard InChI is InChI=1S/C23H19ClFN3O2/c1-14-11-17(15(2)28(14)20-9-5-18(24)6-10-20)12-21-22(29)27(23(30)26-21)13-16-3-7-19(25)8-4-16/h3-12H,13H2,1-2H3,(H,26,30)/b21-12-. The van der Waals surface area contributed by atoms with Gasteiger partial charge in [0.05, 0.1) is 6.54 Å². The van der Waals surface area contributed by atoms with Crippen LogP contribution in [0.1, 0.15) is 22.5 Å². The zero-order valence-corrected chi connectivity index (χ0v) is 17.2. The van der Waals surface area contributed by atoms with E-state index < -0.39 is 11.9 Å². The Morgan fingerprint density at radius 3 is 2.37 bits per heavy atom. The van der Waals surface area contributed by atoms with E-state index in [1.54, 1.807) is 18.2 Å². The van der Waals surface area contributed by atoms with Crippen molar-refractivity contribution < 1.29 is 14.0 Å². The molecule has 0 radical (unpaired) electrons. The number of hydrogen-bond donors (Lipinski definition) is 1. The first kappa shape index (κ1) is 19.9. The number of urea groups is 1. The van der Waals surface area contributed by atoms with Crippen molar-refractivity contribution in [2.75, 3.05) is 0 Å². The zero-order valence-electron chi connectivity index (χ0n) is 16.4. The second-order valence-corrected chi connectivity index (χ2v) is 7.58. The zero-order chi connectivity index (χ0) is 21.4. The monoisotopic (exact) mass is 423 g/mol. The van der Waals surface area contributed by atoms with E-state index in [0.29, 0.717) is 10.6 Å². The van der Waals surface area contributed by atoms with Crippen molar-refractivity contribution in [1.29, 1.82) is 0 Å². The van der Waals surface area contributed by atoms with Gasteiger partial charge in [-0.15, -0.1) is 0 Å². The number of carbonyl (C=O) groups excluding carboxylic acids is 2. The van der Waals surface area contributed by atoms with Crippen LogP contribution in [0.25, 0.3) is 11.8 Å². The minimum atomic E-state index is -0.498. The number of halogens is 2. The van der Waals surface area contributed by atoms with Crippen LogP contribution >= 0.6 is 11.6 Å². The summed E-state index contributed by atoms with van der Waals surface area (Å²) in [6.45, 7) is 4.00. The smallest absolute Gasteiger partial charge is 0.318 e. The van der Waals surface area contributed by atoms with Crippen LogP contribution in [0.4, 0.5) is 9.18 Å². The van der Waals surface area contributed by atoms with E-state index in [0.717, 1.165) is 27.5 Å². The van der Waals surface area contributed by atoms with Gasteiger partial charge >= 0.3 is 6.03 Å². The lowest BCUT2D eigenvalue weighted by Gasteiger charge is -2.11. The number of aryl methyl sites for hydroxylation is 1. The Bertz CT molecular complexity index is 1160. The molecule has 0 aliphatic carbocycles. The Morgan fingerprint density at radius 2 is 1.70 bits per heavy atom. The van der Waals surface area contributed by atoms with E-state index >= 15 is 0 Å². The summed E-state index contributed by atoms with van der Waals surface area (Å²) in [6.07, 6.45) is 1.68. The number of imide groups is 1. The summed E-state index contributed by atoms with van der Waals surface area (Å²) < 4.78 is 15.2. The van der Waals surface area contributed by atoms with E-state index in [-0.39, 0.29) is 18.1 Å². The van der Waals surface area contributed by atoms with Gasteiger partial charge in [-0.1, -0.05) is 23.7 Å². The molecule has 0 spiro atoms. The molecule has 1 aliphatic heterocycles. The maximum Gasteiger partial charge on any atom is 0.329 e. The number of benzene rings is 2. The molecule has 1 aliphatic rings. The van der Waals surface area contributed by atoms with Crippen LogP contribution < -0.4 is 5.32 Å². The van der Waals surface area contributed by atoms with Crippen LogP contribution in [-0.4, -0.2) is 21.4 Å². The highest BCUT2D eigenvalue weighted by molar-refractivity contribution is 6.30. The quantitative estimate of drug-likeness (QED) is 0.475. The van der Waals surface area contributed by atoms with Gasteiger partial charge in [-0.3, -0.25) is 9.69 Å². The van der Waals surface area contributed by atoms with Crippen molar-refractivity contribution in [3.05, 3.63) is 93.6 Å². The lowest BCUT2D eigenvalue weighted by atomic mass is 10.2. The number of carbonyl (C=O) groups is 2. The predicted molar refractivity (Wildman–Crippen MR) is 114 cm³/mol. The predicted octanol–water partition coefficient (Wildman–Crippen LogP) is 4.98. The van der Waals surface area contributed by atoms with Gasteiger partial charge in [-0.25, -0.2) is 9.18 Å². The topological polar surface area (TPSA) is 54.3 Å². The van der Waals surface area contributed by atoms with Crippen molar-refractivity contribution in [3.8, 4) is 5.69 Å². The summed E-state index contributed by atoms with van der Waals surface area (Å²) >= 11 is 5.99. The van der Waals surface area contributed by atoms with Crippen molar-refractivity contribution in [3.63, 3.8) is 0 Å². The molecule has 1 N–H and O–H groups in total. The fraction of sp³-hybridized carbons (Fsp3) is 0.130. The van der Waals surface area contributed by atoms with Crippen LogP contribution in [0.2, 0.25) is 5.02 Å². The minimum Gasteiger partial charge on any atom is -0.318 e. The Balaban J connectivity index is 1.61. The maximum absolute atomic E-state index is 13.1. The summed E-state index contributed by atoms with van der Waals surface area (Å²) in [7, 11) is 0. The molecule has 2 heterocycles. The summed E-state index contributed by atoms with van der Waals surface area (Å²) in [4.78, 5) is 26.2. The SMILES string of the molecule is Cc1cc(/C=C2\NC(=O)N(Cc3ccc(F)cc3)C2=O)c(C)n1-c1ccc(Cl)cc1. The first-order chi connectivity index (χ1) is 14.3. The average Bonchev–Trinajstić information content (AvgIpc) is 3.14. The number of amides is 3. The third kappa shape index (κ3) is 3.74. The Labute approximate surface area is 178 Å². The second kappa shape index (κ2) is 7.80. The van der Waals surface area contributed by atoms with E-state index in [2.05, 4.69) is 9.88 Å². The molecule has 7 heteroatoms. The summed E-state index contributed by atoms with van der Waals surface area (Å²) in [5.74, 6) is -0.784. The fourth-order valence-corrected chi connectivity index (χ4v) is 3.69. The van der Waals surface area contributed by atoms with E-state index in [1.807, 2.05) is 44.2 Å². The molecule has 1 fully saturated rings. The molecule has 152 valence electrons. The van der Waals surface area contributed by atoms with Gasteiger partial charge in [0.15, 0.2) is 0 Å². The number of nitrogens with zero attached hydrogens (tertiary/aromatic N) is 2. The number of rotatable bonds is 4. The molecule has 4 rings (SSSR count). The fourth-order valence-electron chi connectivity index (χ4n) is 3.56. The highest BCUT2D eigenvalue weighted by Crippen LogP contribution is 2.25. The molecular weight excluding hydrogens is 405 g/mol. The van der Waals surface area contributed by atoms with Gasteiger partial charge in [-0.2, -0.15) is 0 Å². The van der Waals surface area contributed by atoms with E-state index in [4.69, 9.17) is 11.6 Å². The van der Waals surface area contributed by atoms with Crippen LogP contribution in [-0.2, 0) is 11.3 Å². The molecule has 3 aromatic rings. The number of hydrogen-bond acceptors (Lipinski definition) is 2. The van der Waals surface area contributed by atoms with E-state index in [9.17, 15) is 14.0 Å². The van der Waals surface area contributed by atoms with Gasteiger partial charge in [0, 0.05) is 22.1 Å². The van der Waals surface area contributed by atoms with Crippen molar-refractivity contribution in [2.24, 2.45) is 0 Å². The van der Waals surface area contributed by atoms with Crippen molar-refractivity contribution in [1.82, 2.24) is 14.8 Å². The minimum absolute atomic E-state index is 0.0755. The van der Waals surface area contributed by atoms with Crippen molar-refractivity contribution in [2.45, 2.75) is 20.4 Å². The lowest BCUT2D eigenvalue weighted by molar-refractivity contribution is -0.123. The first-order valence-electron chi connectivity index (χ1n) is 9.37. The van der Waals surface area contributed by atoms with Gasteiger partial charge < -0.3 is 9.88 Å². The molecule has 5 nitrogen and oxygen atoms in total. The third-order valence-electron chi connectivity index (χ3n) is 5.07. The molecule has 0 atom stereocenters. The molecule has 0 bridgehead atoms. The first-order valence-corrected chi connectivity index (χ1v) is 9.75. The van der Waals surface area contributed by atoms with Gasteiger partial charge in [0.25, 0.3) is 5.91 Å². The largest absolute Gasteiger partial charge is 0.329 e. The second-order valence-electron chi connectivity index (χ2n) is 7.14. The average molecular weight is 424 g/mol. The molecule has 0 saturated carbocycles. The van der Waals surface area contributed by atoms with Crippen LogP contribution in [0.15, 0.2) is 60.3 Å². The highest BCUT2D eigenvalue weighted by atomic mass is 35.5. The number of nitrogens with one attached hydrogen (secondary N) is 1. The van der Waals surface area contributed by atoms with Gasteiger partial charge in [0.1, 0.15) is 11.5 Å². The molecule has 3 amide bonds. The third-order valence-corrected chi connectivity index (χ3v) is 5.32. The lowest BCUT2D eigenvalue weighted by Crippen LogP contribution is -2.30. The summed E-state index contributed by atoms with van der Waals surface area (Å²) in [5, 5.41) is 3.29. The van der Waals surface area contributed by atoms with Crippen LogP contribution in [0, 0.1) is 19.7 Å². The summed E-state index contributed by atoms with van der Waals surface area (Å²) in [6, 6.07) is 14.7. The Morgan fingerprint density at radius 1 is 1.03 bits per heavy atom. The molecule has 1 aromatic heterocycles. The normalized spacial score (nSPS) is 15.2. The number of aromatic nitrogens is 1. The van der Waals surface area contributed by atoms with Gasteiger partial charge in [0.2, 0.25) is 0 Å². The molecule has 30 heavy (non-hydrogen) atoms. The van der Waals surface area contributed by atoms with Crippen LogP contribution in [0.3, 0.4) is 0 Å². The molecule has 1 saturated heterocycles. The van der Waals surface area contributed by atoms with Gasteiger partial charge in [-0.05, 0) is 73.5 Å². The van der Waals surface area contributed by atoms with E-state index in [1.165, 1.54) is 12.1 Å². The van der Waals surface area contributed by atoms with Crippen molar-refractivity contribution >= 4 is 29.6 Å². The molecule has 2 aromatic carbocycles. The Kier molecular flexibility index (Phi) is 5.18. The van der Waals surface area contributed by atoms with Crippen LogP contribution in [0.5, 0.6) is 0 Å². The maximum atomic E-state index is 13.1.